The van der Waals surface area contributed by atoms with Gasteiger partial charge in [-0.2, -0.15) is 0 Å². The van der Waals surface area contributed by atoms with E-state index in [1.165, 1.54) is 12.8 Å². The molecule has 1 aliphatic carbocycles. The van der Waals surface area contributed by atoms with Crippen LogP contribution in [0.5, 0.6) is 0 Å². The van der Waals surface area contributed by atoms with Gasteiger partial charge >= 0.3 is 0 Å². The number of rotatable bonds is 17. The first-order chi connectivity index (χ1) is 13.3. The van der Waals surface area contributed by atoms with Crippen LogP contribution in [0.15, 0.2) is 0 Å². The van der Waals surface area contributed by atoms with Gasteiger partial charge in [0.25, 0.3) is 0 Å². The third-order valence-corrected chi connectivity index (χ3v) is 5.40. The van der Waals surface area contributed by atoms with Crippen LogP contribution < -0.4 is 0 Å². The molecule has 27 heavy (non-hydrogen) atoms. The molecule has 0 spiro atoms. The minimum atomic E-state index is 0.0405. The molecule has 1 rings (SSSR count). The lowest BCUT2D eigenvalue weighted by Crippen LogP contribution is -2.52. The third kappa shape index (κ3) is 10.3. The molecule has 0 N–H and O–H groups in total. The van der Waals surface area contributed by atoms with Gasteiger partial charge in [0.1, 0.15) is 6.10 Å². The van der Waals surface area contributed by atoms with Crippen LogP contribution in [0.4, 0.5) is 0 Å². The van der Waals surface area contributed by atoms with Gasteiger partial charge in [0.05, 0.1) is 18.8 Å². The summed E-state index contributed by atoms with van der Waals surface area (Å²) in [6.07, 6.45) is 11.5. The molecule has 0 aromatic carbocycles. The molecule has 0 unspecified atom stereocenters. The summed E-state index contributed by atoms with van der Waals surface area (Å²) in [6.45, 7) is 12.9. The molecular formula is C23H46O4. The van der Waals surface area contributed by atoms with Crippen molar-refractivity contribution in [1.29, 1.82) is 0 Å². The Morgan fingerprint density at radius 3 is 1.70 bits per heavy atom. The Balaban J connectivity index is 2.72. The Labute approximate surface area is 168 Å². The predicted molar refractivity (Wildman–Crippen MR) is 112 cm³/mol. The van der Waals surface area contributed by atoms with E-state index in [-0.39, 0.29) is 18.3 Å². The van der Waals surface area contributed by atoms with Gasteiger partial charge < -0.3 is 18.9 Å². The molecule has 0 radical (unpaired) electrons. The van der Waals surface area contributed by atoms with Crippen LogP contribution in [0.1, 0.15) is 91.9 Å². The Kier molecular flexibility index (Phi) is 15.4. The molecule has 0 bridgehead atoms. The highest BCUT2D eigenvalue weighted by Gasteiger charge is 2.41. The fraction of sp³-hybridized carbons (Fsp3) is 1.00. The first-order valence-corrected chi connectivity index (χ1v) is 11.7. The van der Waals surface area contributed by atoms with E-state index in [0.717, 1.165) is 84.4 Å². The van der Waals surface area contributed by atoms with E-state index in [2.05, 4.69) is 27.7 Å². The van der Waals surface area contributed by atoms with Crippen molar-refractivity contribution in [3.05, 3.63) is 0 Å². The summed E-state index contributed by atoms with van der Waals surface area (Å²) in [5.41, 5.74) is 0. The van der Waals surface area contributed by atoms with E-state index in [1.807, 2.05) is 0 Å². The van der Waals surface area contributed by atoms with E-state index in [9.17, 15) is 0 Å². The lowest BCUT2D eigenvalue weighted by molar-refractivity contribution is -0.184. The lowest BCUT2D eigenvalue weighted by Gasteiger charge is -2.42. The molecule has 1 fully saturated rings. The number of ether oxygens (including phenoxy) is 4. The van der Waals surface area contributed by atoms with Crippen LogP contribution in [0, 0.1) is 5.92 Å². The summed E-state index contributed by atoms with van der Waals surface area (Å²) >= 11 is 0. The van der Waals surface area contributed by atoms with Gasteiger partial charge in [0, 0.05) is 32.3 Å². The lowest BCUT2D eigenvalue weighted by atomic mass is 9.82. The van der Waals surface area contributed by atoms with Gasteiger partial charge in [-0.15, -0.1) is 0 Å². The maximum absolute atomic E-state index is 6.39. The molecule has 1 saturated carbocycles. The highest BCUT2D eigenvalue weighted by molar-refractivity contribution is 4.91. The smallest absolute Gasteiger partial charge is 0.110 e. The first kappa shape index (κ1) is 24.9. The molecule has 0 aliphatic heterocycles. The van der Waals surface area contributed by atoms with Gasteiger partial charge in [-0.25, -0.2) is 0 Å². The maximum atomic E-state index is 6.39. The zero-order valence-electron chi connectivity index (χ0n) is 18.5. The van der Waals surface area contributed by atoms with Crippen molar-refractivity contribution in [2.75, 3.05) is 33.0 Å². The van der Waals surface area contributed by atoms with Crippen LogP contribution in [-0.4, -0.2) is 51.3 Å². The monoisotopic (exact) mass is 386 g/mol. The summed E-state index contributed by atoms with van der Waals surface area (Å²) in [7, 11) is 0. The average molecular weight is 387 g/mol. The van der Waals surface area contributed by atoms with E-state index < -0.39 is 0 Å². The van der Waals surface area contributed by atoms with Gasteiger partial charge in [-0.05, 0) is 38.5 Å². The first-order valence-electron chi connectivity index (χ1n) is 11.7. The van der Waals surface area contributed by atoms with E-state index >= 15 is 0 Å². The van der Waals surface area contributed by atoms with Crippen molar-refractivity contribution in [2.24, 2.45) is 5.92 Å². The predicted octanol–water partition coefficient (Wildman–Crippen LogP) is 5.77. The SMILES string of the molecule is CCCCOC[C@H]1CC[C@H](OCCCC)[C@@H](OCCCC)[C@@H]1OCCCC. The van der Waals surface area contributed by atoms with Crippen LogP contribution in [0.25, 0.3) is 0 Å². The fourth-order valence-corrected chi connectivity index (χ4v) is 3.56. The summed E-state index contributed by atoms with van der Waals surface area (Å²) < 4.78 is 25.0. The molecular weight excluding hydrogens is 340 g/mol. The average Bonchev–Trinajstić information content (AvgIpc) is 2.68. The highest BCUT2D eigenvalue weighted by Crippen LogP contribution is 2.32. The van der Waals surface area contributed by atoms with Gasteiger partial charge in [-0.1, -0.05) is 53.4 Å². The zero-order chi connectivity index (χ0) is 19.7. The van der Waals surface area contributed by atoms with Crippen molar-refractivity contribution in [1.82, 2.24) is 0 Å². The molecule has 0 saturated heterocycles. The van der Waals surface area contributed by atoms with Crippen LogP contribution in [0.3, 0.4) is 0 Å². The van der Waals surface area contributed by atoms with Gasteiger partial charge in [0.2, 0.25) is 0 Å². The quantitative estimate of drug-likeness (QED) is 0.297. The summed E-state index contributed by atoms with van der Waals surface area (Å²) in [5, 5.41) is 0. The summed E-state index contributed by atoms with van der Waals surface area (Å²) in [6, 6.07) is 0. The third-order valence-electron chi connectivity index (χ3n) is 5.40. The van der Waals surface area contributed by atoms with Gasteiger partial charge in [0.15, 0.2) is 0 Å². The second-order valence-electron chi connectivity index (χ2n) is 7.91. The van der Waals surface area contributed by atoms with Gasteiger partial charge in [-0.3, -0.25) is 0 Å². The topological polar surface area (TPSA) is 36.9 Å². The van der Waals surface area contributed by atoms with E-state index in [1.54, 1.807) is 0 Å². The molecule has 4 nitrogen and oxygen atoms in total. The van der Waals surface area contributed by atoms with Crippen molar-refractivity contribution < 1.29 is 18.9 Å². The minimum Gasteiger partial charge on any atom is -0.381 e. The Morgan fingerprint density at radius 1 is 0.593 bits per heavy atom. The molecule has 0 heterocycles. The number of hydrogen-bond donors (Lipinski definition) is 0. The zero-order valence-corrected chi connectivity index (χ0v) is 18.5. The normalized spacial score (nSPS) is 25.8. The number of hydrogen-bond acceptors (Lipinski definition) is 4. The second-order valence-corrected chi connectivity index (χ2v) is 7.91. The molecule has 1 aliphatic rings. The Morgan fingerprint density at radius 2 is 1.11 bits per heavy atom. The number of unbranched alkanes of at least 4 members (excludes halogenated alkanes) is 4. The van der Waals surface area contributed by atoms with Crippen molar-refractivity contribution in [3.63, 3.8) is 0 Å². The fourth-order valence-electron chi connectivity index (χ4n) is 3.56. The van der Waals surface area contributed by atoms with Crippen molar-refractivity contribution in [3.8, 4) is 0 Å². The molecule has 0 aromatic heterocycles. The standard InChI is InChI=1S/C23H46O4/c1-5-9-15-24-19-20-13-14-21(25-16-10-6-2)23(27-18-12-8-4)22(20)26-17-11-7-3/h20-23H,5-19H2,1-4H3/t20-,21+,22-,23-/m1/s1. The Hall–Kier alpha value is -0.160. The second kappa shape index (κ2) is 16.8. The molecule has 4 heteroatoms. The summed E-state index contributed by atoms with van der Waals surface area (Å²) in [5.74, 6) is 0.413. The van der Waals surface area contributed by atoms with Crippen LogP contribution in [0.2, 0.25) is 0 Å². The summed E-state index contributed by atoms with van der Waals surface area (Å²) in [4.78, 5) is 0. The molecule has 4 atom stereocenters. The van der Waals surface area contributed by atoms with E-state index in [4.69, 9.17) is 18.9 Å². The molecule has 0 aromatic rings. The van der Waals surface area contributed by atoms with Crippen molar-refractivity contribution in [2.45, 2.75) is 110 Å². The Bertz CT molecular complexity index is 324. The molecule has 162 valence electrons. The largest absolute Gasteiger partial charge is 0.381 e. The maximum Gasteiger partial charge on any atom is 0.110 e. The van der Waals surface area contributed by atoms with E-state index in [0.29, 0.717) is 5.92 Å². The minimum absolute atomic E-state index is 0.0405. The van der Waals surface area contributed by atoms with Crippen molar-refractivity contribution >= 4 is 0 Å². The van der Waals surface area contributed by atoms with Crippen LogP contribution in [-0.2, 0) is 18.9 Å². The molecule has 0 amide bonds. The van der Waals surface area contributed by atoms with Crippen LogP contribution >= 0.6 is 0 Å². The highest BCUT2D eigenvalue weighted by atomic mass is 16.6.